The molecule has 3 N–H and O–H groups in total. The minimum absolute atomic E-state index is 0.0157. The fourth-order valence-corrected chi connectivity index (χ4v) is 5.14. The molecule has 0 aliphatic heterocycles. The summed E-state index contributed by atoms with van der Waals surface area (Å²) in [4.78, 5) is 37.6. The van der Waals surface area contributed by atoms with Gasteiger partial charge in [-0.25, -0.2) is 0 Å². The van der Waals surface area contributed by atoms with Crippen molar-refractivity contribution in [3.63, 3.8) is 0 Å². The number of fused-ring (bicyclic) bond motifs is 1. The van der Waals surface area contributed by atoms with E-state index >= 15 is 0 Å². The van der Waals surface area contributed by atoms with E-state index in [0.717, 1.165) is 42.0 Å². The molecule has 1 fully saturated rings. The number of rotatable bonds is 10. The van der Waals surface area contributed by atoms with E-state index in [1.165, 1.54) is 0 Å². The van der Waals surface area contributed by atoms with E-state index in [0.29, 0.717) is 36.5 Å². The van der Waals surface area contributed by atoms with Gasteiger partial charge in [0, 0.05) is 36.7 Å². The zero-order chi connectivity index (χ0) is 28.4. The number of carbonyl (C=O) groups is 3. The van der Waals surface area contributed by atoms with Gasteiger partial charge in [0.05, 0.1) is 6.10 Å². The Morgan fingerprint density at radius 3 is 1.95 bits per heavy atom. The smallest absolute Gasteiger partial charge is 0.251 e. The minimum Gasteiger partial charge on any atom is -0.490 e. The maximum atomic E-state index is 12.6. The van der Waals surface area contributed by atoms with Crippen LogP contribution in [-0.4, -0.2) is 36.9 Å². The molecule has 41 heavy (non-hydrogen) atoms. The predicted octanol–water partition coefficient (Wildman–Crippen LogP) is 5.25. The SMILES string of the molecule is O=C(NCCNC(=O)c1ccc2ccccc2c1)c1ccc(OC2CCC(C(=O)NCc3ccccc3)CC2)cc1. The third-order valence-corrected chi connectivity index (χ3v) is 7.48. The Labute approximate surface area is 240 Å². The van der Waals surface area contributed by atoms with Gasteiger partial charge in [-0.2, -0.15) is 0 Å². The van der Waals surface area contributed by atoms with Crippen LogP contribution in [0.25, 0.3) is 10.8 Å². The molecule has 0 bridgehead atoms. The molecule has 1 saturated carbocycles. The first-order chi connectivity index (χ1) is 20.0. The van der Waals surface area contributed by atoms with Crippen molar-refractivity contribution in [3.05, 3.63) is 114 Å². The molecule has 0 atom stereocenters. The van der Waals surface area contributed by atoms with Gasteiger partial charge in [0.1, 0.15) is 5.75 Å². The molecule has 0 aromatic heterocycles. The van der Waals surface area contributed by atoms with E-state index in [1.54, 1.807) is 30.3 Å². The van der Waals surface area contributed by atoms with Crippen LogP contribution in [0.5, 0.6) is 5.75 Å². The zero-order valence-corrected chi connectivity index (χ0v) is 23.0. The molecule has 0 unspecified atom stereocenters. The molecule has 4 aromatic carbocycles. The molecule has 3 amide bonds. The van der Waals surface area contributed by atoms with Crippen LogP contribution in [0.2, 0.25) is 0 Å². The van der Waals surface area contributed by atoms with Gasteiger partial charge in [-0.05, 0) is 78.4 Å². The first-order valence-electron chi connectivity index (χ1n) is 14.2. The Morgan fingerprint density at radius 2 is 1.24 bits per heavy atom. The van der Waals surface area contributed by atoms with Crippen molar-refractivity contribution in [2.75, 3.05) is 13.1 Å². The Bertz CT molecular complexity index is 1480. The largest absolute Gasteiger partial charge is 0.490 e. The highest BCUT2D eigenvalue weighted by Gasteiger charge is 2.27. The summed E-state index contributed by atoms with van der Waals surface area (Å²) in [6.45, 7) is 1.19. The van der Waals surface area contributed by atoms with E-state index in [9.17, 15) is 14.4 Å². The Balaban J connectivity index is 0.998. The highest BCUT2D eigenvalue weighted by atomic mass is 16.5. The van der Waals surface area contributed by atoms with Gasteiger partial charge in [0.25, 0.3) is 11.8 Å². The van der Waals surface area contributed by atoms with Gasteiger partial charge in [-0.1, -0.05) is 60.7 Å². The molecule has 4 aromatic rings. The van der Waals surface area contributed by atoms with Gasteiger partial charge >= 0.3 is 0 Å². The molecule has 0 radical (unpaired) electrons. The lowest BCUT2D eigenvalue weighted by atomic mass is 9.86. The second-order valence-corrected chi connectivity index (χ2v) is 10.4. The lowest BCUT2D eigenvalue weighted by Gasteiger charge is -2.28. The maximum absolute atomic E-state index is 12.6. The molecule has 210 valence electrons. The molecule has 5 rings (SSSR count). The third-order valence-electron chi connectivity index (χ3n) is 7.48. The van der Waals surface area contributed by atoms with Crippen molar-refractivity contribution in [2.45, 2.75) is 38.3 Å². The number of amides is 3. The number of hydrogen-bond donors (Lipinski definition) is 3. The predicted molar refractivity (Wildman–Crippen MR) is 160 cm³/mol. The Morgan fingerprint density at radius 1 is 0.634 bits per heavy atom. The van der Waals surface area contributed by atoms with E-state index < -0.39 is 0 Å². The van der Waals surface area contributed by atoms with Crippen molar-refractivity contribution >= 4 is 28.5 Å². The van der Waals surface area contributed by atoms with Crippen molar-refractivity contribution in [3.8, 4) is 5.75 Å². The summed E-state index contributed by atoms with van der Waals surface area (Å²) >= 11 is 0. The van der Waals surface area contributed by atoms with Gasteiger partial charge < -0.3 is 20.7 Å². The summed E-state index contributed by atoms with van der Waals surface area (Å²) in [5.74, 6) is 0.450. The van der Waals surface area contributed by atoms with E-state index in [1.807, 2.05) is 66.7 Å². The average Bonchev–Trinajstić information content (AvgIpc) is 3.02. The van der Waals surface area contributed by atoms with Crippen LogP contribution in [0, 0.1) is 5.92 Å². The third kappa shape index (κ3) is 7.72. The minimum atomic E-state index is -0.210. The number of hydrogen-bond acceptors (Lipinski definition) is 4. The number of benzene rings is 4. The van der Waals surface area contributed by atoms with Gasteiger partial charge in [0.15, 0.2) is 0 Å². The van der Waals surface area contributed by atoms with E-state index in [4.69, 9.17) is 4.74 Å². The Kier molecular flexibility index (Phi) is 9.26. The highest BCUT2D eigenvalue weighted by Crippen LogP contribution is 2.28. The normalized spacial score (nSPS) is 16.5. The van der Waals surface area contributed by atoms with E-state index in [2.05, 4.69) is 16.0 Å². The molecule has 0 spiro atoms. The summed E-state index contributed by atoms with van der Waals surface area (Å²) in [5.41, 5.74) is 2.21. The van der Waals surface area contributed by atoms with Crippen LogP contribution >= 0.6 is 0 Å². The van der Waals surface area contributed by atoms with Gasteiger partial charge in [-0.3, -0.25) is 14.4 Å². The maximum Gasteiger partial charge on any atom is 0.251 e. The highest BCUT2D eigenvalue weighted by molar-refractivity contribution is 5.98. The molecule has 7 heteroatoms. The second-order valence-electron chi connectivity index (χ2n) is 10.4. The van der Waals surface area contributed by atoms with Crippen LogP contribution in [0.15, 0.2) is 97.1 Å². The van der Waals surface area contributed by atoms with Gasteiger partial charge in [-0.15, -0.1) is 0 Å². The van der Waals surface area contributed by atoms with Crippen LogP contribution in [0.4, 0.5) is 0 Å². The van der Waals surface area contributed by atoms with Crippen molar-refractivity contribution in [1.29, 1.82) is 0 Å². The standard InChI is InChI=1S/C34H35N3O4/c38-32(35-20-21-36-34(40)29-11-10-25-8-4-5-9-28(25)22-29)26-12-16-30(17-13-26)41-31-18-14-27(15-19-31)33(39)37-23-24-6-2-1-3-7-24/h1-13,16-17,22,27,31H,14-15,18-21,23H2,(H,35,38)(H,36,40)(H,37,39). The monoisotopic (exact) mass is 549 g/mol. The summed E-state index contributed by atoms with van der Waals surface area (Å²) in [6.07, 6.45) is 3.28. The van der Waals surface area contributed by atoms with Crippen molar-refractivity contribution in [2.24, 2.45) is 5.92 Å². The summed E-state index contributed by atoms with van der Waals surface area (Å²) in [5, 5.41) is 10.8. The van der Waals surface area contributed by atoms with Crippen LogP contribution in [0.1, 0.15) is 52.0 Å². The van der Waals surface area contributed by atoms with E-state index in [-0.39, 0.29) is 29.7 Å². The number of carbonyl (C=O) groups excluding carboxylic acids is 3. The lowest BCUT2D eigenvalue weighted by molar-refractivity contribution is -0.126. The molecule has 1 aliphatic rings. The summed E-state index contributed by atoms with van der Waals surface area (Å²) < 4.78 is 6.13. The van der Waals surface area contributed by atoms with Crippen LogP contribution in [-0.2, 0) is 11.3 Å². The Hall–Kier alpha value is -4.65. The first-order valence-corrected chi connectivity index (χ1v) is 14.2. The fourth-order valence-electron chi connectivity index (χ4n) is 5.14. The second kappa shape index (κ2) is 13.6. The lowest BCUT2D eigenvalue weighted by Crippen LogP contribution is -2.35. The zero-order valence-electron chi connectivity index (χ0n) is 23.0. The number of nitrogens with one attached hydrogen (secondary N) is 3. The molecule has 0 saturated heterocycles. The fraction of sp³-hybridized carbons (Fsp3) is 0.265. The van der Waals surface area contributed by atoms with Crippen molar-refractivity contribution < 1.29 is 19.1 Å². The average molecular weight is 550 g/mol. The quantitative estimate of drug-likeness (QED) is 0.235. The summed E-state index contributed by atoms with van der Waals surface area (Å²) in [7, 11) is 0. The molecule has 7 nitrogen and oxygen atoms in total. The topological polar surface area (TPSA) is 96.5 Å². The number of ether oxygens (including phenoxy) is 1. The molecular weight excluding hydrogens is 514 g/mol. The van der Waals surface area contributed by atoms with Crippen LogP contribution in [0.3, 0.4) is 0 Å². The van der Waals surface area contributed by atoms with Crippen molar-refractivity contribution in [1.82, 2.24) is 16.0 Å². The molecule has 0 heterocycles. The summed E-state index contributed by atoms with van der Waals surface area (Å²) in [6, 6.07) is 30.5. The molecular formula is C34H35N3O4. The van der Waals surface area contributed by atoms with Gasteiger partial charge in [0.2, 0.25) is 5.91 Å². The molecule has 1 aliphatic carbocycles. The van der Waals surface area contributed by atoms with Crippen LogP contribution < -0.4 is 20.7 Å². The first kappa shape index (κ1) is 27.9.